The van der Waals surface area contributed by atoms with Gasteiger partial charge >= 0.3 is 5.97 Å². The van der Waals surface area contributed by atoms with E-state index in [1.807, 2.05) is 17.7 Å². The third-order valence-electron chi connectivity index (χ3n) is 6.75. The Labute approximate surface area is 254 Å². The summed E-state index contributed by atoms with van der Waals surface area (Å²) in [5, 5.41) is 26.8. The molecule has 0 aliphatic heterocycles. The fourth-order valence-electron chi connectivity index (χ4n) is 4.70. The first-order valence-corrected chi connectivity index (χ1v) is 15.4. The van der Waals surface area contributed by atoms with Crippen molar-refractivity contribution in [2.75, 3.05) is 0 Å². The third kappa shape index (κ3) is 7.94. The first-order chi connectivity index (χ1) is 21.0. The van der Waals surface area contributed by atoms with E-state index in [-0.39, 0.29) is 23.6 Å². The van der Waals surface area contributed by atoms with Crippen LogP contribution in [0.15, 0.2) is 83.9 Å². The Kier molecular flexibility index (Phi) is 10.2. The van der Waals surface area contributed by atoms with Crippen molar-refractivity contribution in [2.24, 2.45) is 0 Å². The van der Waals surface area contributed by atoms with E-state index in [1.165, 1.54) is 12.3 Å². The van der Waals surface area contributed by atoms with Crippen molar-refractivity contribution in [3.8, 4) is 11.1 Å². The number of aliphatic hydroxyl groups is 1. The van der Waals surface area contributed by atoms with Crippen molar-refractivity contribution in [2.45, 2.75) is 56.7 Å². The Morgan fingerprint density at radius 2 is 1.70 bits per heavy atom. The van der Waals surface area contributed by atoms with E-state index in [9.17, 15) is 33.0 Å². The lowest BCUT2D eigenvalue weighted by Crippen LogP contribution is -2.48. The summed E-state index contributed by atoms with van der Waals surface area (Å²) >= 11 is 0. The Bertz CT molecular complexity index is 1740. The van der Waals surface area contributed by atoms with Gasteiger partial charge in [0.2, 0.25) is 5.91 Å². The molecule has 2 unspecified atom stereocenters. The molecule has 0 radical (unpaired) electrons. The van der Waals surface area contributed by atoms with Crippen molar-refractivity contribution in [1.82, 2.24) is 24.8 Å². The molecule has 0 fully saturated rings. The number of aliphatic hydroxyl groups excluding tert-OH is 1. The number of hydrogen-bond donors (Lipinski definition) is 4. The molecule has 2 aromatic heterocycles. The van der Waals surface area contributed by atoms with Gasteiger partial charge in [-0.15, -0.1) is 0 Å². The molecule has 2 amide bonds. The van der Waals surface area contributed by atoms with Crippen molar-refractivity contribution >= 4 is 27.8 Å². The number of carboxylic acid groups (broad SMARTS) is 1. The van der Waals surface area contributed by atoms with E-state index < -0.39 is 40.0 Å². The highest BCUT2D eigenvalue weighted by Gasteiger charge is 2.29. The fourth-order valence-corrected chi connectivity index (χ4v) is 5.92. The number of carboxylic acids is 1. The van der Waals surface area contributed by atoms with E-state index >= 15 is 0 Å². The fraction of sp³-hybridized carbons (Fsp3) is 0.258. The normalized spacial score (nSPS) is 12.7. The Morgan fingerprint density at radius 3 is 2.34 bits per heavy atom. The average molecular weight is 620 g/mol. The molecule has 44 heavy (non-hydrogen) atoms. The highest BCUT2D eigenvalue weighted by atomic mass is 32.2. The number of hydrogen-bond acceptors (Lipinski definition) is 8. The lowest BCUT2D eigenvalue weighted by molar-refractivity contribution is -0.148. The number of carbonyl (C=O) groups excluding carboxylic acids is 2. The van der Waals surface area contributed by atoms with Crippen LogP contribution in [-0.2, 0) is 39.0 Å². The minimum atomic E-state index is -4.08. The number of carbonyl (C=O) groups is 3. The molecular formula is C31H33N5O7S. The molecule has 0 saturated heterocycles. The molecule has 0 saturated carbocycles. The predicted octanol–water partition coefficient (Wildman–Crippen LogP) is 2.56. The highest BCUT2D eigenvalue weighted by Crippen LogP contribution is 2.27. The summed E-state index contributed by atoms with van der Waals surface area (Å²) in [5.74, 6) is -2.77. The topological polar surface area (TPSA) is 181 Å². The number of aryl methyl sites for hydroxylation is 1. The minimum absolute atomic E-state index is 0.0590. The lowest BCUT2D eigenvalue weighted by atomic mass is 10.0. The van der Waals surface area contributed by atoms with Gasteiger partial charge in [-0.25, -0.2) is 17.9 Å². The van der Waals surface area contributed by atoms with Gasteiger partial charge in [0, 0.05) is 29.9 Å². The van der Waals surface area contributed by atoms with Crippen molar-refractivity contribution < 1.29 is 33.0 Å². The zero-order valence-corrected chi connectivity index (χ0v) is 25.0. The largest absolute Gasteiger partial charge is 0.479 e. The molecule has 13 heteroatoms. The number of sulfonamides is 1. The number of nitrogens with one attached hydrogen (secondary N) is 2. The molecule has 230 valence electrons. The second-order valence-corrected chi connectivity index (χ2v) is 11.8. The van der Waals surface area contributed by atoms with Crippen LogP contribution in [-0.4, -0.2) is 63.3 Å². The number of amides is 2. The van der Waals surface area contributed by atoms with Crippen molar-refractivity contribution in [3.63, 3.8) is 0 Å². The maximum absolute atomic E-state index is 13.2. The number of benzene rings is 2. The van der Waals surface area contributed by atoms with Gasteiger partial charge in [-0.3, -0.25) is 19.3 Å². The molecule has 12 nitrogen and oxygen atoms in total. The van der Waals surface area contributed by atoms with Gasteiger partial charge in [-0.1, -0.05) is 67.9 Å². The maximum Gasteiger partial charge on any atom is 0.334 e. The predicted molar refractivity (Wildman–Crippen MR) is 161 cm³/mol. The zero-order valence-electron chi connectivity index (χ0n) is 24.2. The molecule has 2 aromatic carbocycles. The van der Waals surface area contributed by atoms with Gasteiger partial charge in [-0.2, -0.15) is 5.10 Å². The molecular weight excluding hydrogens is 586 g/mol. The van der Waals surface area contributed by atoms with Gasteiger partial charge < -0.3 is 15.5 Å². The third-order valence-corrected chi connectivity index (χ3v) is 8.24. The summed E-state index contributed by atoms with van der Waals surface area (Å²) in [7, 11) is -4.08. The molecule has 0 spiro atoms. The van der Waals surface area contributed by atoms with E-state index in [4.69, 9.17) is 0 Å². The zero-order chi connectivity index (χ0) is 31.9. The van der Waals surface area contributed by atoms with Gasteiger partial charge in [-0.05, 0) is 36.6 Å². The SMILES string of the molecule is CCCc1cc(C(=O)NC(Cc2ccccc2)C(O)C(=O)O)nn1Cc1ccc(-c2ccccc2S(=O)(=O)NC(C)=O)cn1. The first kappa shape index (κ1) is 32.0. The molecule has 0 bridgehead atoms. The molecule has 2 atom stereocenters. The van der Waals surface area contributed by atoms with Crippen LogP contribution in [0.1, 0.15) is 47.7 Å². The van der Waals surface area contributed by atoms with E-state index in [0.717, 1.165) is 24.6 Å². The number of aliphatic carboxylic acids is 1. The summed E-state index contributed by atoms with van der Waals surface area (Å²) in [6.07, 6.45) is 1.19. The van der Waals surface area contributed by atoms with E-state index in [2.05, 4.69) is 15.4 Å². The molecule has 4 aromatic rings. The molecule has 4 rings (SSSR count). The summed E-state index contributed by atoms with van der Waals surface area (Å²) in [6, 6.07) is 19.2. The molecule has 0 aliphatic rings. The molecule has 0 aliphatic carbocycles. The second kappa shape index (κ2) is 14.1. The number of rotatable bonds is 13. The van der Waals surface area contributed by atoms with Crippen molar-refractivity contribution in [1.29, 1.82) is 0 Å². The number of aromatic nitrogens is 3. The quantitative estimate of drug-likeness (QED) is 0.175. The van der Waals surface area contributed by atoms with E-state index in [0.29, 0.717) is 23.2 Å². The first-order valence-electron chi connectivity index (χ1n) is 13.9. The minimum Gasteiger partial charge on any atom is -0.479 e. The van der Waals surface area contributed by atoms with E-state index in [1.54, 1.807) is 65.3 Å². The Morgan fingerprint density at radius 1 is 1.00 bits per heavy atom. The summed E-state index contributed by atoms with van der Waals surface area (Å²) < 4.78 is 29.0. The van der Waals surface area contributed by atoms with Crippen LogP contribution in [0.5, 0.6) is 0 Å². The summed E-state index contributed by atoms with van der Waals surface area (Å²) in [6.45, 7) is 3.31. The van der Waals surface area contributed by atoms with Crippen LogP contribution in [0.4, 0.5) is 0 Å². The van der Waals surface area contributed by atoms with Gasteiger partial charge in [0.1, 0.15) is 5.69 Å². The molecule has 4 N–H and O–H groups in total. The number of nitrogens with zero attached hydrogens (tertiary/aromatic N) is 3. The van der Waals surface area contributed by atoms with Gasteiger partial charge in [0.05, 0.1) is 23.2 Å². The van der Waals surface area contributed by atoms with Crippen LogP contribution >= 0.6 is 0 Å². The highest BCUT2D eigenvalue weighted by molar-refractivity contribution is 7.90. The summed E-state index contributed by atoms with van der Waals surface area (Å²) in [4.78, 5) is 40.6. The smallest absolute Gasteiger partial charge is 0.334 e. The van der Waals surface area contributed by atoms with Crippen LogP contribution in [0.2, 0.25) is 0 Å². The summed E-state index contributed by atoms with van der Waals surface area (Å²) in [5.41, 5.74) is 3.06. The van der Waals surface area contributed by atoms with Crippen LogP contribution < -0.4 is 10.0 Å². The van der Waals surface area contributed by atoms with Crippen LogP contribution in [0.3, 0.4) is 0 Å². The average Bonchev–Trinajstić information content (AvgIpc) is 3.39. The second-order valence-electron chi connectivity index (χ2n) is 10.2. The standard InChI is InChI=1S/C31H33N5O7S/c1-3-9-24-17-27(30(39)33-26(29(38)31(40)41)16-21-10-5-4-6-11-21)34-36(24)19-23-15-14-22(18-32-23)25-12-7-8-13-28(25)44(42,43)35-20(2)37/h4-8,10-15,17-18,26,29,38H,3,9,16,19H2,1-2H3,(H,33,39)(H,35,37)(H,40,41). The Balaban J connectivity index is 1.55. The lowest BCUT2D eigenvalue weighted by Gasteiger charge is -2.21. The van der Waals surface area contributed by atoms with Crippen LogP contribution in [0, 0.1) is 0 Å². The van der Waals surface area contributed by atoms with Crippen molar-refractivity contribution in [3.05, 3.63) is 102 Å². The Hall–Kier alpha value is -4.88. The number of pyridine rings is 1. The maximum atomic E-state index is 13.2. The van der Waals surface area contributed by atoms with Gasteiger partial charge in [0.25, 0.3) is 15.9 Å². The molecule has 2 heterocycles. The monoisotopic (exact) mass is 619 g/mol. The van der Waals surface area contributed by atoms with Crippen LogP contribution in [0.25, 0.3) is 11.1 Å². The van der Waals surface area contributed by atoms with Gasteiger partial charge in [0.15, 0.2) is 6.10 Å².